The molecule has 1 atom stereocenters. The average Bonchev–Trinajstić information content (AvgIpc) is 2.78. The first kappa shape index (κ1) is 14.8. The first-order valence-electron chi connectivity index (χ1n) is 4.82. The number of thiophene rings is 1. The van der Waals surface area contributed by atoms with Crippen LogP contribution in [0.3, 0.4) is 0 Å². The van der Waals surface area contributed by atoms with Crippen LogP contribution >= 0.6 is 43.2 Å². The van der Waals surface area contributed by atoms with Gasteiger partial charge in [-0.25, -0.2) is 0 Å². The van der Waals surface area contributed by atoms with Crippen molar-refractivity contribution in [2.45, 2.75) is 18.6 Å². The summed E-state index contributed by atoms with van der Waals surface area (Å²) in [7, 11) is 0. The summed E-state index contributed by atoms with van der Waals surface area (Å²) in [5, 5.41) is 13.8. The van der Waals surface area contributed by atoms with Gasteiger partial charge in [0.05, 0.1) is 19.3 Å². The summed E-state index contributed by atoms with van der Waals surface area (Å²) >= 11 is 7.71. The lowest BCUT2D eigenvalue weighted by molar-refractivity contribution is -0.174. The third kappa shape index (κ3) is 2.65. The van der Waals surface area contributed by atoms with Crippen LogP contribution in [-0.4, -0.2) is 23.0 Å². The van der Waals surface area contributed by atoms with E-state index in [4.69, 9.17) is 5.21 Å². The number of halogens is 5. The molecule has 0 bridgehead atoms. The normalized spacial score (nSPS) is 20.7. The van der Waals surface area contributed by atoms with Crippen molar-refractivity contribution in [1.82, 2.24) is 5.32 Å². The lowest BCUT2D eigenvalue weighted by Gasteiger charge is -2.14. The van der Waals surface area contributed by atoms with E-state index in [9.17, 15) is 18.0 Å². The molecule has 2 N–H and O–H groups in total. The number of nitrogens with one attached hydrogen (secondary N) is 1. The number of carbonyl (C=O) groups is 1. The Morgan fingerprint density at radius 1 is 1.42 bits per heavy atom. The van der Waals surface area contributed by atoms with E-state index in [1.807, 2.05) is 5.32 Å². The van der Waals surface area contributed by atoms with E-state index in [1.54, 1.807) is 0 Å². The molecule has 0 aliphatic heterocycles. The Balaban J connectivity index is 2.35. The number of carbonyl (C=O) groups excluding carboxylic acids is 1. The Bertz CT molecular complexity index is 571. The molecule has 1 aliphatic carbocycles. The predicted octanol–water partition coefficient (Wildman–Crippen LogP) is 3.57. The average molecular weight is 422 g/mol. The lowest BCUT2D eigenvalue weighted by Crippen LogP contribution is -2.38. The summed E-state index contributed by atoms with van der Waals surface area (Å²) in [4.78, 5) is 11.0. The number of amides is 1. The van der Waals surface area contributed by atoms with Gasteiger partial charge in [0.15, 0.2) is 0 Å². The van der Waals surface area contributed by atoms with Gasteiger partial charge in [-0.05, 0) is 31.9 Å². The summed E-state index contributed by atoms with van der Waals surface area (Å²) in [6, 6.07) is -0.869. The first-order valence-corrected chi connectivity index (χ1v) is 7.22. The van der Waals surface area contributed by atoms with E-state index in [0.29, 0.717) is 18.7 Å². The smallest absolute Gasteiger partial charge is 0.411 e. The molecular formula is C9H5Br2F3N2O2S. The van der Waals surface area contributed by atoms with Crippen molar-refractivity contribution in [1.29, 1.82) is 0 Å². The fraction of sp³-hybridized carbons (Fsp3) is 0.333. The van der Waals surface area contributed by atoms with Crippen molar-refractivity contribution >= 4 is 54.8 Å². The largest absolute Gasteiger partial charge is 0.471 e. The maximum absolute atomic E-state index is 12.3. The summed E-state index contributed by atoms with van der Waals surface area (Å²) in [5.41, 5.74) is 1.24. The Hall–Kier alpha value is -0.610. The molecule has 0 fully saturated rings. The highest BCUT2D eigenvalue weighted by atomic mass is 79.9. The quantitative estimate of drug-likeness (QED) is 0.537. The van der Waals surface area contributed by atoms with E-state index in [2.05, 4.69) is 37.0 Å². The zero-order valence-electron chi connectivity index (χ0n) is 8.89. The molecular weight excluding hydrogens is 417 g/mol. The van der Waals surface area contributed by atoms with E-state index in [0.717, 1.165) is 0 Å². The molecule has 1 aromatic rings. The standard InChI is InChI=1S/C9H5Br2F3N2O2S/c10-6-4-2(15-8(17)9(12,13)14)1-3(16-18)5(4)7(11)19-6/h2,18H,1H2,(H,15,17)/b16-3+. The molecule has 1 aromatic heterocycles. The highest BCUT2D eigenvalue weighted by Gasteiger charge is 2.43. The van der Waals surface area contributed by atoms with Gasteiger partial charge in [0, 0.05) is 17.5 Å². The molecule has 4 nitrogen and oxygen atoms in total. The van der Waals surface area contributed by atoms with Gasteiger partial charge in [-0.1, -0.05) is 5.16 Å². The van der Waals surface area contributed by atoms with Crippen molar-refractivity contribution in [2.24, 2.45) is 5.16 Å². The second-order valence-corrected chi connectivity index (χ2v) is 7.37. The Kier molecular flexibility index (Phi) is 3.94. The maximum Gasteiger partial charge on any atom is 0.471 e. The third-order valence-electron chi connectivity index (χ3n) is 2.57. The number of alkyl halides is 3. The van der Waals surface area contributed by atoms with Crippen LogP contribution in [0.5, 0.6) is 0 Å². The number of hydrogen-bond donors (Lipinski definition) is 2. The molecule has 1 amide bonds. The van der Waals surface area contributed by atoms with Gasteiger partial charge in [-0.15, -0.1) is 11.3 Å². The Morgan fingerprint density at radius 3 is 2.58 bits per heavy atom. The molecule has 0 radical (unpaired) electrons. The molecule has 0 aromatic carbocycles. The number of oxime groups is 1. The Labute approximate surface area is 125 Å². The molecule has 19 heavy (non-hydrogen) atoms. The van der Waals surface area contributed by atoms with Crippen LogP contribution < -0.4 is 5.32 Å². The summed E-state index contributed by atoms with van der Waals surface area (Å²) in [5.74, 6) is -2.02. The zero-order valence-corrected chi connectivity index (χ0v) is 12.9. The van der Waals surface area contributed by atoms with Crippen molar-refractivity contribution in [3.8, 4) is 0 Å². The molecule has 1 aliphatic rings. The fourth-order valence-electron chi connectivity index (χ4n) is 1.82. The monoisotopic (exact) mass is 420 g/mol. The van der Waals surface area contributed by atoms with Crippen LogP contribution in [0.4, 0.5) is 13.2 Å². The van der Waals surface area contributed by atoms with E-state index >= 15 is 0 Å². The van der Waals surface area contributed by atoms with Crippen molar-refractivity contribution in [3.63, 3.8) is 0 Å². The number of rotatable bonds is 1. The number of fused-ring (bicyclic) bond motifs is 1. The summed E-state index contributed by atoms with van der Waals surface area (Å²) < 4.78 is 38.0. The molecule has 0 saturated heterocycles. The van der Waals surface area contributed by atoms with E-state index < -0.39 is 18.1 Å². The van der Waals surface area contributed by atoms with Gasteiger partial charge in [0.25, 0.3) is 0 Å². The molecule has 0 saturated carbocycles. The molecule has 10 heteroatoms. The van der Waals surface area contributed by atoms with Crippen LogP contribution in [0.1, 0.15) is 23.6 Å². The van der Waals surface area contributed by atoms with Crippen LogP contribution in [0.15, 0.2) is 12.7 Å². The topological polar surface area (TPSA) is 61.7 Å². The van der Waals surface area contributed by atoms with Crippen LogP contribution in [0.2, 0.25) is 0 Å². The summed E-state index contributed by atoms with van der Waals surface area (Å²) in [6.45, 7) is 0. The molecule has 2 rings (SSSR count). The van der Waals surface area contributed by atoms with Crippen molar-refractivity contribution in [2.75, 3.05) is 0 Å². The van der Waals surface area contributed by atoms with Crippen LogP contribution in [0.25, 0.3) is 0 Å². The molecule has 1 unspecified atom stereocenters. The van der Waals surface area contributed by atoms with Gasteiger partial charge in [0.2, 0.25) is 0 Å². The van der Waals surface area contributed by atoms with E-state index in [-0.39, 0.29) is 12.1 Å². The van der Waals surface area contributed by atoms with Crippen LogP contribution in [-0.2, 0) is 4.79 Å². The fourth-order valence-corrected chi connectivity index (χ4v) is 5.20. The van der Waals surface area contributed by atoms with Gasteiger partial charge in [0.1, 0.15) is 0 Å². The molecule has 1 heterocycles. The van der Waals surface area contributed by atoms with Crippen molar-refractivity contribution < 1.29 is 23.2 Å². The third-order valence-corrected chi connectivity index (χ3v) is 5.15. The SMILES string of the molecule is O=C(NC1C/C(=N\O)c2c(Br)sc(Br)c21)C(F)(F)F. The molecule has 0 spiro atoms. The van der Waals surface area contributed by atoms with Crippen molar-refractivity contribution in [3.05, 3.63) is 18.7 Å². The highest BCUT2D eigenvalue weighted by Crippen LogP contribution is 2.46. The lowest BCUT2D eigenvalue weighted by atomic mass is 10.2. The first-order chi connectivity index (χ1) is 8.75. The minimum Gasteiger partial charge on any atom is -0.411 e. The van der Waals surface area contributed by atoms with E-state index in [1.165, 1.54) is 11.3 Å². The van der Waals surface area contributed by atoms with Gasteiger partial charge >= 0.3 is 12.1 Å². The highest BCUT2D eigenvalue weighted by molar-refractivity contribution is 9.12. The summed E-state index contributed by atoms with van der Waals surface area (Å²) in [6.07, 6.45) is -4.94. The van der Waals surface area contributed by atoms with Gasteiger partial charge in [-0.2, -0.15) is 13.2 Å². The minimum absolute atomic E-state index is 0.00769. The maximum atomic E-state index is 12.3. The Morgan fingerprint density at radius 2 is 2.05 bits per heavy atom. The number of hydrogen-bond acceptors (Lipinski definition) is 4. The zero-order chi connectivity index (χ0) is 14.4. The second-order valence-electron chi connectivity index (χ2n) is 3.71. The van der Waals surface area contributed by atoms with Gasteiger partial charge in [-0.3, -0.25) is 4.79 Å². The second kappa shape index (κ2) is 5.06. The van der Waals surface area contributed by atoms with Crippen LogP contribution in [0, 0.1) is 0 Å². The van der Waals surface area contributed by atoms with Gasteiger partial charge < -0.3 is 10.5 Å². The minimum atomic E-state index is -4.95. The molecule has 104 valence electrons. The predicted molar refractivity (Wildman–Crippen MR) is 69.6 cm³/mol. The number of nitrogens with zero attached hydrogens (tertiary/aromatic N) is 1.